The van der Waals surface area contributed by atoms with Crippen LogP contribution < -0.4 is 0 Å². The van der Waals surface area contributed by atoms with Crippen LogP contribution in [0.4, 0.5) is 0 Å². The van der Waals surface area contributed by atoms with E-state index in [1.54, 1.807) is 0 Å². The molecule has 10 aromatic rings. The van der Waals surface area contributed by atoms with Crippen LogP contribution in [0, 0.1) is 0 Å². The molecule has 3 heteroatoms. The van der Waals surface area contributed by atoms with E-state index in [0.29, 0.717) is 5.82 Å². The van der Waals surface area contributed by atoms with Crippen molar-refractivity contribution in [2.75, 3.05) is 0 Å². The molecule has 0 N–H and O–H groups in total. The van der Waals surface area contributed by atoms with E-state index in [1.165, 1.54) is 65.1 Å². The van der Waals surface area contributed by atoms with E-state index in [4.69, 9.17) is 9.97 Å². The van der Waals surface area contributed by atoms with Gasteiger partial charge >= 0.3 is 0 Å². The first-order valence-electron chi connectivity index (χ1n) is 20.5. The van der Waals surface area contributed by atoms with Gasteiger partial charge in [-0.15, -0.1) is 0 Å². The molecule has 1 spiro atoms. The van der Waals surface area contributed by atoms with Crippen molar-refractivity contribution in [3.05, 3.63) is 241 Å². The Morgan fingerprint density at radius 3 is 1.48 bits per heavy atom. The Kier molecular flexibility index (Phi) is 8.04. The molecule has 0 radical (unpaired) electrons. The Balaban J connectivity index is 1.02. The summed E-state index contributed by atoms with van der Waals surface area (Å²) >= 11 is 1.93. The number of aromatic nitrogens is 2. The molecule has 0 saturated carbocycles. The quantitative estimate of drug-likeness (QED) is 0.174. The normalized spacial score (nSPS) is 13.1. The summed E-state index contributed by atoms with van der Waals surface area (Å²) in [5, 5.41) is 2.55. The molecule has 1 aromatic heterocycles. The minimum absolute atomic E-state index is 0.456. The monoisotopic (exact) mass is 780 g/mol. The van der Waals surface area contributed by atoms with Gasteiger partial charge in [-0.3, -0.25) is 0 Å². The van der Waals surface area contributed by atoms with Crippen molar-refractivity contribution in [2.45, 2.75) is 15.2 Å². The van der Waals surface area contributed by atoms with Gasteiger partial charge in [-0.1, -0.05) is 212 Å². The number of rotatable bonds is 5. The van der Waals surface area contributed by atoms with Crippen LogP contribution >= 0.6 is 11.8 Å². The van der Waals surface area contributed by atoms with Gasteiger partial charge in [-0.25, -0.2) is 9.97 Å². The van der Waals surface area contributed by atoms with Crippen molar-refractivity contribution in [1.82, 2.24) is 9.97 Å². The summed E-state index contributed by atoms with van der Waals surface area (Å²) in [6.45, 7) is 0. The number of benzene rings is 9. The molecule has 2 nitrogen and oxygen atoms in total. The van der Waals surface area contributed by atoms with Crippen LogP contribution in [0.25, 0.3) is 78.1 Å². The highest BCUT2D eigenvalue weighted by Crippen LogP contribution is 2.64. The minimum atomic E-state index is -0.456. The lowest BCUT2D eigenvalue weighted by Crippen LogP contribution is -2.32. The Morgan fingerprint density at radius 1 is 0.317 bits per heavy atom. The van der Waals surface area contributed by atoms with Crippen LogP contribution in [-0.4, -0.2) is 9.97 Å². The second-order valence-electron chi connectivity index (χ2n) is 15.6. The van der Waals surface area contributed by atoms with Gasteiger partial charge < -0.3 is 0 Å². The van der Waals surface area contributed by atoms with Crippen LogP contribution in [0.5, 0.6) is 0 Å². The van der Waals surface area contributed by atoms with E-state index in [1.807, 2.05) is 23.9 Å². The molecule has 0 bridgehead atoms. The fourth-order valence-electron chi connectivity index (χ4n) is 9.67. The lowest BCUT2D eigenvalue weighted by atomic mass is 9.66. The van der Waals surface area contributed by atoms with Crippen molar-refractivity contribution >= 4 is 22.5 Å². The molecular weight excluding hydrogens is 745 g/mol. The van der Waals surface area contributed by atoms with Gasteiger partial charge in [-0.05, 0) is 84.6 Å². The molecule has 0 atom stereocenters. The standard InChI is InChI=1S/C57H36N2S/c1-3-17-38(18-4-1)52-36-53(39-19-5-2-6-20-39)59-56(58-52)43-24-14-22-41(35-43)40-21-13-23-42(34-40)45-28-15-31-50-55(45)60-54-44-25-8-7-16-37(44)32-33-51(54)57(50)48-29-11-9-26-46(48)47-27-10-12-30-49(47)57/h1-36H. The van der Waals surface area contributed by atoms with Crippen molar-refractivity contribution in [3.63, 3.8) is 0 Å². The van der Waals surface area contributed by atoms with Gasteiger partial charge in [0.15, 0.2) is 5.82 Å². The van der Waals surface area contributed by atoms with Gasteiger partial charge in [-0.2, -0.15) is 0 Å². The summed E-state index contributed by atoms with van der Waals surface area (Å²) in [4.78, 5) is 12.9. The molecule has 2 heterocycles. The Morgan fingerprint density at radius 2 is 0.800 bits per heavy atom. The highest BCUT2D eigenvalue weighted by molar-refractivity contribution is 8.00. The molecule has 0 fully saturated rings. The third kappa shape index (κ3) is 5.36. The molecule has 9 aromatic carbocycles. The molecule has 1 aliphatic heterocycles. The molecule has 0 unspecified atom stereocenters. The first-order valence-corrected chi connectivity index (χ1v) is 21.3. The number of fused-ring (bicyclic) bond motifs is 11. The second kappa shape index (κ2) is 13.9. The number of hydrogen-bond donors (Lipinski definition) is 0. The third-order valence-corrected chi connectivity index (χ3v) is 13.6. The molecule has 0 saturated heterocycles. The van der Waals surface area contributed by atoms with Gasteiger partial charge in [0, 0.05) is 26.5 Å². The summed E-state index contributed by atoms with van der Waals surface area (Å²) in [6.07, 6.45) is 0. The zero-order chi connectivity index (χ0) is 39.6. The van der Waals surface area contributed by atoms with Crippen LogP contribution in [-0.2, 0) is 5.41 Å². The Hall–Kier alpha value is -7.33. The van der Waals surface area contributed by atoms with Gasteiger partial charge in [0.05, 0.1) is 16.8 Å². The van der Waals surface area contributed by atoms with E-state index in [9.17, 15) is 0 Å². The summed E-state index contributed by atoms with van der Waals surface area (Å²) in [7, 11) is 0. The third-order valence-electron chi connectivity index (χ3n) is 12.4. The molecule has 280 valence electrons. The minimum Gasteiger partial charge on any atom is -0.228 e. The van der Waals surface area contributed by atoms with Crippen molar-refractivity contribution < 1.29 is 0 Å². The summed E-state index contributed by atoms with van der Waals surface area (Å²) in [5.74, 6) is 0.704. The highest BCUT2D eigenvalue weighted by Gasteiger charge is 2.50. The second-order valence-corrected chi connectivity index (χ2v) is 16.7. The SMILES string of the molecule is c1ccc(-c2cc(-c3ccccc3)nc(-c3cccc(-c4cccc(-c5cccc6c5Sc5c(ccc7ccccc57)C65c6ccccc6-c6ccccc65)c4)c3)n2)cc1. The maximum atomic E-state index is 5.14. The zero-order valence-electron chi connectivity index (χ0n) is 32.6. The first kappa shape index (κ1) is 34.7. The number of hydrogen-bond acceptors (Lipinski definition) is 3. The molecule has 0 amide bonds. The van der Waals surface area contributed by atoms with E-state index in [-0.39, 0.29) is 0 Å². The van der Waals surface area contributed by atoms with E-state index in [0.717, 1.165) is 39.2 Å². The average Bonchev–Trinajstić information content (AvgIpc) is 3.62. The van der Waals surface area contributed by atoms with Crippen molar-refractivity contribution in [1.29, 1.82) is 0 Å². The Bertz CT molecular complexity index is 3190. The van der Waals surface area contributed by atoms with E-state index >= 15 is 0 Å². The fraction of sp³-hybridized carbons (Fsp3) is 0.0175. The highest BCUT2D eigenvalue weighted by atomic mass is 32.2. The van der Waals surface area contributed by atoms with Crippen LogP contribution in [0.1, 0.15) is 22.3 Å². The smallest absolute Gasteiger partial charge is 0.160 e. The predicted molar refractivity (Wildman–Crippen MR) is 248 cm³/mol. The maximum absolute atomic E-state index is 5.14. The topological polar surface area (TPSA) is 25.8 Å². The van der Waals surface area contributed by atoms with Gasteiger partial charge in [0.2, 0.25) is 0 Å². The molecule has 1 aliphatic carbocycles. The summed E-state index contributed by atoms with van der Waals surface area (Å²) in [5.41, 5.74) is 17.1. The molecule has 60 heavy (non-hydrogen) atoms. The van der Waals surface area contributed by atoms with E-state index in [2.05, 4.69) is 206 Å². The van der Waals surface area contributed by atoms with Gasteiger partial charge in [0.1, 0.15) is 0 Å². The van der Waals surface area contributed by atoms with Crippen LogP contribution in [0.2, 0.25) is 0 Å². The fourth-order valence-corrected chi connectivity index (χ4v) is 11.1. The lowest BCUT2D eigenvalue weighted by molar-refractivity contribution is 0.726. The lowest BCUT2D eigenvalue weighted by Gasteiger charge is -2.41. The Labute approximate surface area is 353 Å². The molecule has 12 rings (SSSR count). The van der Waals surface area contributed by atoms with Crippen molar-refractivity contribution in [3.8, 4) is 67.3 Å². The predicted octanol–water partition coefficient (Wildman–Crippen LogP) is 14.8. The number of nitrogens with zero attached hydrogens (tertiary/aromatic N) is 2. The summed E-state index contributed by atoms with van der Waals surface area (Å²) < 4.78 is 0. The van der Waals surface area contributed by atoms with Gasteiger partial charge in [0.25, 0.3) is 0 Å². The first-order chi connectivity index (χ1) is 29.7. The maximum Gasteiger partial charge on any atom is 0.160 e. The van der Waals surface area contributed by atoms with E-state index < -0.39 is 5.41 Å². The van der Waals surface area contributed by atoms with Crippen LogP contribution in [0.3, 0.4) is 0 Å². The van der Waals surface area contributed by atoms with Crippen LogP contribution in [0.15, 0.2) is 228 Å². The average molecular weight is 781 g/mol. The largest absolute Gasteiger partial charge is 0.228 e. The molecular formula is C57H36N2S. The molecule has 2 aliphatic rings. The summed E-state index contributed by atoms with van der Waals surface area (Å²) in [6, 6.07) is 79.2. The zero-order valence-corrected chi connectivity index (χ0v) is 33.4. The van der Waals surface area contributed by atoms with Crippen molar-refractivity contribution in [2.24, 2.45) is 0 Å².